The van der Waals surface area contributed by atoms with Crippen LogP contribution in [0.15, 0.2) is 249 Å². The van der Waals surface area contributed by atoms with Gasteiger partial charge in [0, 0.05) is 62.3 Å². The number of fused-ring (bicyclic) bond motifs is 13. The Kier molecular flexibility index (Phi) is 9.72. The molecule has 6 nitrogen and oxygen atoms in total. The van der Waals surface area contributed by atoms with E-state index in [0.717, 1.165) is 84.1 Å². The van der Waals surface area contributed by atoms with E-state index in [2.05, 4.69) is 276 Å². The van der Waals surface area contributed by atoms with Crippen molar-refractivity contribution in [1.29, 1.82) is 0 Å². The van der Waals surface area contributed by atoms with E-state index in [1.807, 2.05) is 12.3 Å². The smallest absolute Gasteiger partial charge is 0.255 e. The molecule has 0 radical (unpaired) electrons. The van der Waals surface area contributed by atoms with Crippen molar-refractivity contribution in [1.82, 2.24) is 18.7 Å². The number of hydrogen-bond acceptors (Lipinski definition) is 2. The van der Waals surface area contributed by atoms with Crippen LogP contribution in [0, 0.1) is 0 Å². The molecule has 0 atom stereocenters. The fourth-order valence-electron chi connectivity index (χ4n) is 12.0. The maximum absolute atomic E-state index is 6.91. The van der Waals surface area contributed by atoms with E-state index in [9.17, 15) is 0 Å². The standard InChI is InChI=1S/C70H50N5O/c1-70(2,3)46-37-38-71-67(39-46)75-63-33-15-12-27-54(63)56-36-35-50(41-65(56)75)76-49-24-16-23-48(40-49)72-44-73-68-51(45-19-6-4-7-20-45)29-17-30-58(68)59-42-61-55-28-13-14-32-62(55)74(47-21-8-5-9-22-47)66(61)43-60(59)53-26-11-10-25-52(53)57-31-18-34-64(72)69(57)73/h4-44H,1-3H3/q+1. The summed E-state index contributed by atoms with van der Waals surface area (Å²) in [6, 6.07) is 85.6. The van der Waals surface area contributed by atoms with Crippen molar-refractivity contribution >= 4 is 54.6 Å². The number of nitrogens with zero attached hydrogens (tertiary/aromatic N) is 5. The zero-order valence-electron chi connectivity index (χ0n) is 42.3. The summed E-state index contributed by atoms with van der Waals surface area (Å²) in [4.78, 5) is 4.93. The maximum atomic E-state index is 6.91. The topological polar surface area (TPSA) is 40.8 Å². The molecule has 0 amide bonds. The lowest BCUT2D eigenvalue weighted by atomic mass is 9.87. The van der Waals surface area contributed by atoms with Crippen LogP contribution in [0.1, 0.15) is 26.3 Å². The highest BCUT2D eigenvalue weighted by atomic mass is 16.5. The number of hydrogen-bond donors (Lipinski definition) is 0. The quantitative estimate of drug-likeness (QED) is 0.156. The zero-order chi connectivity index (χ0) is 50.6. The number of para-hydroxylation sites is 5. The van der Waals surface area contributed by atoms with E-state index in [0.29, 0.717) is 0 Å². The minimum absolute atomic E-state index is 0.0277. The number of rotatable bonds is 6. The van der Waals surface area contributed by atoms with Crippen LogP contribution in [0.3, 0.4) is 0 Å². The van der Waals surface area contributed by atoms with Gasteiger partial charge in [0.1, 0.15) is 28.7 Å². The molecule has 76 heavy (non-hydrogen) atoms. The molecule has 14 aromatic rings. The summed E-state index contributed by atoms with van der Waals surface area (Å²) in [5, 5.41) is 4.75. The first-order valence-corrected chi connectivity index (χ1v) is 26.1. The second kappa shape index (κ2) is 16.9. The molecular formula is C70H50N5O+. The van der Waals surface area contributed by atoms with E-state index in [1.165, 1.54) is 55.0 Å². The van der Waals surface area contributed by atoms with Gasteiger partial charge in [0.05, 0.1) is 22.1 Å². The summed E-state index contributed by atoms with van der Waals surface area (Å²) in [5.74, 6) is 2.37. The lowest BCUT2D eigenvalue weighted by Crippen LogP contribution is -2.31. The van der Waals surface area contributed by atoms with Gasteiger partial charge in [0.2, 0.25) is 0 Å². The Bertz CT molecular complexity index is 4650. The van der Waals surface area contributed by atoms with Gasteiger partial charge in [0.15, 0.2) is 11.0 Å². The largest absolute Gasteiger partial charge is 0.457 e. The average molecular weight is 977 g/mol. The highest BCUT2D eigenvalue weighted by Gasteiger charge is 2.32. The Labute approximate surface area is 440 Å². The summed E-state index contributed by atoms with van der Waals surface area (Å²) in [7, 11) is 0. The van der Waals surface area contributed by atoms with Crippen LogP contribution in [-0.2, 0) is 5.41 Å². The molecule has 0 unspecified atom stereocenters. The Morgan fingerprint density at radius 3 is 1.78 bits per heavy atom. The van der Waals surface area contributed by atoms with Crippen molar-refractivity contribution in [2.75, 3.05) is 0 Å². The van der Waals surface area contributed by atoms with E-state index in [1.54, 1.807) is 0 Å². The number of ether oxygens (including phenoxy) is 1. The molecule has 5 heterocycles. The van der Waals surface area contributed by atoms with Crippen molar-refractivity contribution in [2.24, 2.45) is 0 Å². The monoisotopic (exact) mass is 976 g/mol. The fraction of sp³-hybridized carbons (Fsp3) is 0.0571. The van der Waals surface area contributed by atoms with Gasteiger partial charge in [-0.1, -0.05) is 160 Å². The number of benzene rings is 10. The van der Waals surface area contributed by atoms with E-state index < -0.39 is 0 Å². The molecule has 0 saturated carbocycles. The van der Waals surface area contributed by atoms with E-state index in [-0.39, 0.29) is 5.41 Å². The molecule has 1 aliphatic heterocycles. The van der Waals surface area contributed by atoms with Crippen molar-refractivity contribution in [3.8, 4) is 78.9 Å². The van der Waals surface area contributed by atoms with Crippen LogP contribution in [0.4, 0.5) is 0 Å². The van der Waals surface area contributed by atoms with E-state index in [4.69, 9.17) is 9.72 Å². The molecule has 4 aromatic heterocycles. The predicted molar refractivity (Wildman–Crippen MR) is 312 cm³/mol. The third-order valence-corrected chi connectivity index (χ3v) is 15.5. The Hall–Kier alpha value is -9.78. The molecule has 15 rings (SSSR count). The van der Waals surface area contributed by atoms with Gasteiger partial charge in [-0.05, 0) is 124 Å². The summed E-state index contributed by atoms with van der Waals surface area (Å²) in [6.07, 6.45) is 4.21. The molecule has 0 saturated heterocycles. The van der Waals surface area contributed by atoms with Gasteiger partial charge in [-0.3, -0.25) is 4.57 Å². The van der Waals surface area contributed by atoms with Gasteiger partial charge in [0.25, 0.3) is 6.33 Å². The van der Waals surface area contributed by atoms with Crippen LogP contribution in [0.25, 0.3) is 122 Å². The molecule has 6 heteroatoms. The predicted octanol–water partition coefficient (Wildman–Crippen LogP) is 17.6. The minimum Gasteiger partial charge on any atom is -0.457 e. The van der Waals surface area contributed by atoms with Crippen LogP contribution in [0.2, 0.25) is 0 Å². The third-order valence-electron chi connectivity index (χ3n) is 15.5. The lowest BCUT2D eigenvalue weighted by molar-refractivity contribution is -0.566. The summed E-state index contributed by atoms with van der Waals surface area (Å²) in [5.41, 5.74) is 20.4. The van der Waals surface area contributed by atoms with Crippen LogP contribution >= 0.6 is 0 Å². The normalized spacial score (nSPS) is 12.1. The minimum atomic E-state index is -0.0277. The van der Waals surface area contributed by atoms with Crippen LogP contribution < -0.4 is 9.30 Å². The Morgan fingerprint density at radius 1 is 0.395 bits per heavy atom. The first-order chi connectivity index (χ1) is 37.3. The molecule has 0 bridgehead atoms. The molecule has 10 aromatic carbocycles. The summed E-state index contributed by atoms with van der Waals surface area (Å²) < 4.78 is 16.4. The van der Waals surface area contributed by atoms with Crippen LogP contribution in [0.5, 0.6) is 11.5 Å². The van der Waals surface area contributed by atoms with Crippen molar-refractivity contribution in [2.45, 2.75) is 26.2 Å². The Balaban J connectivity index is 0.938. The second-order valence-electron chi connectivity index (χ2n) is 21.0. The van der Waals surface area contributed by atoms with Crippen molar-refractivity contribution in [3.63, 3.8) is 0 Å². The van der Waals surface area contributed by atoms with Gasteiger partial charge in [-0.15, -0.1) is 0 Å². The summed E-state index contributed by atoms with van der Waals surface area (Å²) in [6.45, 7) is 6.73. The highest BCUT2D eigenvalue weighted by molar-refractivity contribution is 6.14. The van der Waals surface area contributed by atoms with Gasteiger partial charge in [-0.2, -0.15) is 9.13 Å². The molecule has 1 aliphatic rings. The Morgan fingerprint density at radius 2 is 0.974 bits per heavy atom. The first kappa shape index (κ1) is 43.8. The number of imidazole rings is 1. The van der Waals surface area contributed by atoms with E-state index >= 15 is 0 Å². The van der Waals surface area contributed by atoms with Gasteiger partial charge >= 0.3 is 0 Å². The zero-order valence-corrected chi connectivity index (χ0v) is 42.3. The average Bonchev–Trinajstić information content (AvgIpc) is 4.19. The number of pyridine rings is 1. The molecule has 0 N–H and O–H groups in total. The van der Waals surface area contributed by atoms with Crippen molar-refractivity contribution in [3.05, 3.63) is 255 Å². The maximum Gasteiger partial charge on any atom is 0.255 e. The molecule has 360 valence electrons. The molecule has 0 fully saturated rings. The summed E-state index contributed by atoms with van der Waals surface area (Å²) >= 11 is 0. The molecule has 0 aliphatic carbocycles. The van der Waals surface area contributed by atoms with Crippen molar-refractivity contribution < 1.29 is 9.30 Å². The van der Waals surface area contributed by atoms with Gasteiger partial charge in [-0.25, -0.2) is 4.98 Å². The third kappa shape index (κ3) is 6.80. The molecule has 0 spiro atoms. The second-order valence-corrected chi connectivity index (χ2v) is 21.0. The highest BCUT2D eigenvalue weighted by Crippen LogP contribution is 2.48. The number of aromatic nitrogens is 5. The van der Waals surface area contributed by atoms with Crippen LogP contribution in [-0.4, -0.2) is 18.7 Å². The lowest BCUT2D eigenvalue weighted by Gasteiger charge is -2.20. The first-order valence-electron chi connectivity index (χ1n) is 26.1. The van der Waals surface area contributed by atoms with Gasteiger partial charge < -0.3 is 9.30 Å². The fourth-order valence-corrected chi connectivity index (χ4v) is 12.0. The SMILES string of the molecule is CC(C)(C)c1ccnc(-n2c3ccccc3c3ccc(Oc4cccc(-n5c[n+]6c7c(cccc75)-c5ccccc5-c5cc7c(cc5-c5cccc(-c8ccccc8)c5-6)c5ccccc5n7-c5ccccc5)c4)cc32)c1. The molecular weight excluding hydrogens is 927 g/mol.